The number of aromatic nitrogens is 2. The molecular weight excluding hydrogens is 465 g/mol. The van der Waals surface area contributed by atoms with Gasteiger partial charge in [-0.1, -0.05) is 6.07 Å². The molecule has 0 aliphatic carbocycles. The van der Waals surface area contributed by atoms with Crippen LogP contribution in [0.2, 0.25) is 0 Å². The number of thiocarbonyl (C=S) groups is 1. The van der Waals surface area contributed by atoms with Gasteiger partial charge in [0, 0.05) is 36.7 Å². The van der Waals surface area contributed by atoms with Crippen LogP contribution in [0.1, 0.15) is 35.7 Å². The predicted octanol–water partition coefficient (Wildman–Crippen LogP) is 4.66. The molecule has 4 heterocycles. The Kier molecular flexibility index (Phi) is 6.58. The van der Waals surface area contributed by atoms with Crippen molar-refractivity contribution in [3.63, 3.8) is 0 Å². The minimum absolute atomic E-state index is 0.176. The van der Waals surface area contributed by atoms with Crippen LogP contribution in [0, 0.1) is 5.82 Å². The molecule has 2 atom stereocenters. The lowest BCUT2D eigenvalue weighted by Gasteiger charge is -2.28. The van der Waals surface area contributed by atoms with E-state index in [0.717, 1.165) is 17.1 Å². The standard InChI is InChI=1S/C26H24FN5O2S/c27-18-8-10-19(11-9-18)29-23(33)12-15-32-25(24(30-26(32)35)21-6-1-2-13-28-21)22-7-3-14-31(22)17-20-5-4-16-34-20/h1-11,13-14,16,24-25H,12,15,17H2,(H,29,33)(H,30,35)/t24-,25+/m1/s1. The van der Waals surface area contributed by atoms with E-state index >= 15 is 0 Å². The lowest BCUT2D eigenvalue weighted by atomic mass is 10.0. The van der Waals surface area contributed by atoms with E-state index < -0.39 is 0 Å². The van der Waals surface area contributed by atoms with Crippen LogP contribution in [0.5, 0.6) is 0 Å². The van der Waals surface area contributed by atoms with Crippen molar-refractivity contribution in [2.45, 2.75) is 25.0 Å². The average Bonchev–Trinajstić information content (AvgIpc) is 3.61. The molecule has 5 rings (SSSR count). The Morgan fingerprint density at radius 1 is 1.11 bits per heavy atom. The molecule has 0 radical (unpaired) electrons. The van der Waals surface area contributed by atoms with Crippen molar-refractivity contribution in [2.75, 3.05) is 11.9 Å². The zero-order valence-electron chi connectivity index (χ0n) is 18.8. The number of carbonyl (C=O) groups is 1. The van der Waals surface area contributed by atoms with Crippen molar-refractivity contribution in [3.8, 4) is 0 Å². The second kappa shape index (κ2) is 10.1. The molecular formula is C26H24FN5O2S. The zero-order chi connectivity index (χ0) is 24.2. The van der Waals surface area contributed by atoms with Gasteiger partial charge in [0.1, 0.15) is 11.6 Å². The molecule has 4 aromatic rings. The summed E-state index contributed by atoms with van der Waals surface area (Å²) in [6, 6.07) is 19.0. The number of carbonyl (C=O) groups excluding carboxylic acids is 1. The molecule has 0 unspecified atom stereocenters. The highest BCUT2D eigenvalue weighted by Gasteiger charge is 2.41. The first kappa shape index (κ1) is 22.8. The maximum atomic E-state index is 13.2. The van der Waals surface area contributed by atoms with Gasteiger partial charge in [0.2, 0.25) is 5.91 Å². The lowest BCUT2D eigenvalue weighted by molar-refractivity contribution is -0.116. The molecule has 0 spiro atoms. The Hall–Kier alpha value is -3.98. The van der Waals surface area contributed by atoms with Crippen molar-refractivity contribution in [3.05, 3.63) is 108 Å². The Bertz CT molecular complexity index is 1290. The van der Waals surface area contributed by atoms with Crippen molar-refractivity contribution in [2.24, 2.45) is 0 Å². The molecule has 1 fully saturated rings. The van der Waals surface area contributed by atoms with Crippen molar-refractivity contribution < 1.29 is 13.6 Å². The number of amides is 1. The minimum Gasteiger partial charge on any atom is -0.467 e. The van der Waals surface area contributed by atoms with E-state index in [9.17, 15) is 9.18 Å². The van der Waals surface area contributed by atoms with Crippen molar-refractivity contribution in [1.82, 2.24) is 19.8 Å². The van der Waals surface area contributed by atoms with Gasteiger partial charge in [-0.05, 0) is 72.9 Å². The lowest BCUT2D eigenvalue weighted by Crippen LogP contribution is -2.33. The first-order valence-corrected chi connectivity index (χ1v) is 11.7. The molecule has 7 nitrogen and oxygen atoms in total. The maximum Gasteiger partial charge on any atom is 0.226 e. The molecule has 1 aromatic carbocycles. The third kappa shape index (κ3) is 5.09. The van der Waals surface area contributed by atoms with Gasteiger partial charge in [0.25, 0.3) is 0 Å². The fraction of sp³-hybridized carbons (Fsp3) is 0.192. The van der Waals surface area contributed by atoms with Crippen molar-refractivity contribution >= 4 is 28.9 Å². The van der Waals surface area contributed by atoms with Crippen LogP contribution in [0.4, 0.5) is 10.1 Å². The number of furan rings is 1. The first-order chi connectivity index (χ1) is 17.1. The van der Waals surface area contributed by atoms with Gasteiger partial charge < -0.3 is 24.5 Å². The number of rotatable bonds is 8. The second-order valence-electron chi connectivity index (χ2n) is 8.27. The fourth-order valence-electron chi connectivity index (χ4n) is 4.36. The van der Waals surface area contributed by atoms with E-state index in [4.69, 9.17) is 16.6 Å². The van der Waals surface area contributed by atoms with Crippen LogP contribution in [-0.2, 0) is 11.3 Å². The molecule has 1 aliphatic heterocycles. The average molecular weight is 490 g/mol. The van der Waals surface area contributed by atoms with E-state index in [1.54, 1.807) is 12.5 Å². The van der Waals surface area contributed by atoms with E-state index in [2.05, 4.69) is 26.3 Å². The van der Waals surface area contributed by atoms with Gasteiger partial charge >= 0.3 is 0 Å². The summed E-state index contributed by atoms with van der Waals surface area (Å²) in [4.78, 5) is 19.3. The maximum absolute atomic E-state index is 13.2. The summed E-state index contributed by atoms with van der Waals surface area (Å²) >= 11 is 5.71. The summed E-state index contributed by atoms with van der Waals surface area (Å²) in [5, 5.41) is 6.79. The number of anilines is 1. The van der Waals surface area contributed by atoms with E-state index in [0.29, 0.717) is 23.9 Å². The number of nitrogens with zero attached hydrogens (tertiary/aromatic N) is 3. The molecule has 35 heavy (non-hydrogen) atoms. The number of nitrogens with one attached hydrogen (secondary N) is 2. The fourth-order valence-corrected chi connectivity index (χ4v) is 4.69. The summed E-state index contributed by atoms with van der Waals surface area (Å²) in [7, 11) is 0. The van der Waals surface area contributed by atoms with E-state index in [-0.39, 0.29) is 30.2 Å². The second-order valence-corrected chi connectivity index (χ2v) is 8.65. The SMILES string of the molecule is O=C(CCN1C(=S)N[C@H](c2ccccn2)[C@@H]1c1cccn1Cc1ccco1)Nc1ccc(F)cc1. The van der Waals surface area contributed by atoms with Crippen LogP contribution >= 0.6 is 12.2 Å². The largest absolute Gasteiger partial charge is 0.467 e. The number of hydrogen-bond acceptors (Lipinski definition) is 4. The van der Waals surface area contributed by atoms with Gasteiger partial charge in [0.05, 0.1) is 30.6 Å². The monoisotopic (exact) mass is 489 g/mol. The van der Waals surface area contributed by atoms with Crippen LogP contribution in [0.25, 0.3) is 0 Å². The summed E-state index contributed by atoms with van der Waals surface area (Å²) in [6.07, 6.45) is 5.64. The van der Waals surface area contributed by atoms with Crippen LogP contribution in [-0.4, -0.2) is 32.0 Å². The molecule has 178 valence electrons. The van der Waals surface area contributed by atoms with Crippen molar-refractivity contribution in [1.29, 1.82) is 0 Å². The van der Waals surface area contributed by atoms with E-state index in [1.165, 1.54) is 24.3 Å². The highest BCUT2D eigenvalue weighted by Crippen LogP contribution is 2.39. The van der Waals surface area contributed by atoms with Gasteiger partial charge in [0.15, 0.2) is 5.11 Å². The quantitative estimate of drug-likeness (QED) is 0.351. The molecule has 1 saturated heterocycles. The number of pyridine rings is 1. The van der Waals surface area contributed by atoms with Gasteiger partial charge in [-0.15, -0.1) is 0 Å². The molecule has 3 aromatic heterocycles. The summed E-state index contributed by atoms with van der Waals surface area (Å²) < 4.78 is 20.9. The smallest absolute Gasteiger partial charge is 0.226 e. The number of halogens is 1. The molecule has 0 saturated carbocycles. The predicted molar refractivity (Wildman–Crippen MR) is 134 cm³/mol. The topological polar surface area (TPSA) is 75.3 Å². The number of benzene rings is 1. The summed E-state index contributed by atoms with van der Waals surface area (Å²) in [5.74, 6) is 0.318. The summed E-state index contributed by atoms with van der Waals surface area (Å²) in [5.41, 5.74) is 2.45. The van der Waals surface area contributed by atoms with Crippen LogP contribution in [0.3, 0.4) is 0 Å². The Morgan fingerprint density at radius 2 is 1.97 bits per heavy atom. The third-order valence-electron chi connectivity index (χ3n) is 5.98. The molecule has 1 amide bonds. The number of hydrogen-bond donors (Lipinski definition) is 2. The molecule has 9 heteroatoms. The normalized spacial score (nSPS) is 17.4. The molecule has 2 N–H and O–H groups in total. The van der Waals surface area contributed by atoms with E-state index in [1.807, 2.05) is 47.5 Å². The Morgan fingerprint density at radius 3 is 2.71 bits per heavy atom. The third-order valence-corrected chi connectivity index (χ3v) is 6.33. The summed E-state index contributed by atoms with van der Waals surface area (Å²) in [6.45, 7) is 0.977. The highest BCUT2D eigenvalue weighted by atomic mass is 32.1. The Balaban J connectivity index is 1.39. The van der Waals surface area contributed by atoms with Gasteiger partial charge in [-0.25, -0.2) is 4.39 Å². The van der Waals surface area contributed by atoms with Gasteiger partial charge in [-0.3, -0.25) is 9.78 Å². The zero-order valence-corrected chi connectivity index (χ0v) is 19.6. The van der Waals surface area contributed by atoms with Gasteiger partial charge in [-0.2, -0.15) is 0 Å². The van der Waals surface area contributed by atoms with Crippen LogP contribution < -0.4 is 10.6 Å². The molecule has 0 bridgehead atoms. The van der Waals surface area contributed by atoms with Crippen LogP contribution in [0.15, 0.2) is 89.8 Å². The minimum atomic E-state index is -0.350. The Labute approximate surface area is 207 Å². The molecule has 1 aliphatic rings. The highest BCUT2D eigenvalue weighted by molar-refractivity contribution is 7.80. The first-order valence-electron chi connectivity index (χ1n) is 11.3.